The summed E-state index contributed by atoms with van der Waals surface area (Å²) in [5, 5.41) is 13.4. The fraction of sp³-hybridized carbons (Fsp3) is 0.294. The predicted octanol–water partition coefficient (Wildman–Crippen LogP) is 3.23. The Morgan fingerprint density at radius 3 is 2.64 bits per heavy atom. The Kier molecular flexibility index (Phi) is 3.96. The molecule has 128 valence electrons. The molecular formula is C17H17N5O2S. The van der Waals surface area contributed by atoms with E-state index >= 15 is 0 Å². The number of rotatable bonds is 3. The second kappa shape index (κ2) is 6.29. The molecule has 0 unspecified atom stereocenters. The van der Waals surface area contributed by atoms with E-state index < -0.39 is 0 Å². The molecule has 1 aliphatic rings. The van der Waals surface area contributed by atoms with Gasteiger partial charge in [0.2, 0.25) is 0 Å². The Labute approximate surface area is 148 Å². The number of piperazine rings is 1. The number of hydrogen-bond donors (Lipinski definition) is 0. The molecule has 0 spiro atoms. The summed E-state index contributed by atoms with van der Waals surface area (Å²) in [6, 6.07) is 7.41. The van der Waals surface area contributed by atoms with Gasteiger partial charge in [-0.1, -0.05) is 6.07 Å². The van der Waals surface area contributed by atoms with Crippen molar-refractivity contribution in [2.75, 3.05) is 36.0 Å². The lowest BCUT2D eigenvalue weighted by Gasteiger charge is -2.36. The van der Waals surface area contributed by atoms with Crippen molar-refractivity contribution in [2.45, 2.75) is 6.92 Å². The first kappa shape index (κ1) is 15.8. The fourth-order valence-corrected chi connectivity index (χ4v) is 4.07. The molecule has 25 heavy (non-hydrogen) atoms. The maximum Gasteiger partial charge on any atom is 0.292 e. The minimum absolute atomic E-state index is 0.177. The standard InChI is InChI=1S/C17H17N5O2S/c1-12-2-3-14(15(10-12)22(23)24)20-5-7-21(8-6-20)17-16-13(4-9-25-16)18-11-19-17/h2-4,9-11H,5-8H2,1H3. The van der Waals surface area contributed by atoms with Crippen LogP contribution in [0.5, 0.6) is 0 Å². The predicted molar refractivity (Wildman–Crippen MR) is 99.7 cm³/mol. The van der Waals surface area contributed by atoms with Crippen molar-refractivity contribution in [1.82, 2.24) is 9.97 Å². The molecule has 0 bridgehead atoms. The molecule has 1 aliphatic heterocycles. The highest BCUT2D eigenvalue weighted by Crippen LogP contribution is 2.32. The molecule has 1 aromatic carbocycles. The second-order valence-electron chi connectivity index (χ2n) is 6.06. The lowest BCUT2D eigenvalue weighted by atomic mass is 10.1. The van der Waals surface area contributed by atoms with Gasteiger partial charge >= 0.3 is 0 Å². The third-order valence-electron chi connectivity index (χ3n) is 4.47. The summed E-state index contributed by atoms with van der Waals surface area (Å²) in [7, 11) is 0. The largest absolute Gasteiger partial charge is 0.362 e. The van der Waals surface area contributed by atoms with Crippen molar-refractivity contribution >= 4 is 38.7 Å². The van der Waals surface area contributed by atoms with Gasteiger partial charge in [-0.15, -0.1) is 11.3 Å². The molecule has 4 rings (SSSR count). The van der Waals surface area contributed by atoms with Crippen molar-refractivity contribution < 1.29 is 4.92 Å². The minimum Gasteiger partial charge on any atom is -0.362 e. The van der Waals surface area contributed by atoms with E-state index in [9.17, 15) is 10.1 Å². The number of hydrogen-bond acceptors (Lipinski definition) is 7. The smallest absolute Gasteiger partial charge is 0.292 e. The first-order valence-electron chi connectivity index (χ1n) is 8.06. The molecule has 0 atom stereocenters. The summed E-state index contributed by atoms with van der Waals surface area (Å²) in [4.78, 5) is 24.1. The number of aromatic nitrogens is 2. The number of thiophene rings is 1. The van der Waals surface area contributed by atoms with Crippen molar-refractivity contribution in [2.24, 2.45) is 0 Å². The second-order valence-corrected chi connectivity index (χ2v) is 6.97. The van der Waals surface area contributed by atoms with E-state index in [1.165, 1.54) is 0 Å². The van der Waals surface area contributed by atoms with Gasteiger partial charge in [0.1, 0.15) is 17.8 Å². The highest BCUT2D eigenvalue weighted by Gasteiger charge is 2.25. The van der Waals surface area contributed by atoms with E-state index in [1.807, 2.05) is 30.5 Å². The monoisotopic (exact) mass is 355 g/mol. The summed E-state index contributed by atoms with van der Waals surface area (Å²) in [5.41, 5.74) is 2.73. The summed E-state index contributed by atoms with van der Waals surface area (Å²) in [5.74, 6) is 0.957. The van der Waals surface area contributed by atoms with Crippen LogP contribution in [0.2, 0.25) is 0 Å². The number of nitro groups is 1. The number of nitro benzene ring substituents is 1. The van der Waals surface area contributed by atoms with Crippen LogP contribution in [0.25, 0.3) is 10.2 Å². The van der Waals surface area contributed by atoms with Gasteiger partial charge in [0, 0.05) is 32.2 Å². The average molecular weight is 355 g/mol. The third-order valence-corrected chi connectivity index (χ3v) is 5.37. The number of benzene rings is 1. The highest BCUT2D eigenvalue weighted by atomic mass is 32.1. The molecule has 1 saturated heterocycles. The molecule has 8 heteroatoms. The zero-order valence-electron chi connectivity index (χ0n) is 13.8. The number of anilines is 2. The van der Waals surface area contributed by atoms with Gasteiger partial charge < -0.3 is 9.80 Å². The molecule has 0 amide bonds. The van der Waals surface area contributed by atoms with E-state index in [-0.39, 0.29) is 10.6 Å². The molecule has 2 aromatic heterocycles. The Hall–Kier alpha value is -2.74. The van der Waals surface area contributed by atoms with Gasteiger partial charge in [-0.25, -0.2) is 9.97 Å². The topological polar surface area (TPSA) is 75.4 Å². The van der Waals surface area contributed by atoms with Crippen LogP contribution >= 0.6 is 11.3 Å². The average Bonchev–Trinajstić information content (AvgIpc) is 3.10. The summed E-state index contributed by atoms with van der Waals surface area (Å²) >= 11 is 1.64. The Morgan fingerprint density at radius 2 is 1.88 bits per heavy atom. The fourth-order valence-electron chi connectivity index (χ4n) is 3.21. The van der Waals surface area contributed by atoms with E-state index in [4.69, 9.17) is 0 Å². The molecular weight excluding hydrogens is 338 g/mol. The molecule has 3 heterocycles. The van der Waals surface area contributed by atoms with E-state index in [0.29, 0.717) is 5.69 Å². The lowest BCUT2D eigenvalue weighted by molar-refractivity contribution is -0.384. The lowest BCUT2D eigenvalue weighted by Crippen LogP contribution is -2.47. The number of aryl methyl sites for hydroxylation is 1. The van der Waals surface area contributed by atoms with E-state index in [2.05, 4.69) is 19.8 Å². The third kappa shape index (κ3) is 2.89. The van der Waals surface area contributed by atoms with Crippen LogP contribution in [-0.2, 0) is 0 Å². The van der Waals surface area contributed by atoms with Crippen molar-refractivity contribution in [3.8, 4) is 0 Å². The van der Waals surface area contributed by atoms with Crippen LogP contribution in [0.3, 0.4) is 0 Å². The molecule has 7 nitrogen and oxygen atoms in total. The van der Waals surface area contributed by atoms with Gasteiger partial charge in [-0.05, 0) is 30.0 Å². The van der Waals surface area contributed by atoms with E-state index in [0.717, 1.165) is 47.8 Å². The van der Waals surface area contributed by atoms with Crippen LogP contribution in [-0.4, -0.2) is 41.1 Å². The highest BCUT2D eigenvalue weighted by molar-refractivity contribution is 7.17. The first-order valence-corrected chi connectivity index (χ1v) is 8.94. The summed E-state index contributed by atoms with van der Waals surface area (Å²) in [6.45, 7) is 4.86. The van der Waals surface area contributed by atoms with E-state index in [1.54, 1.807) is 23.7 Å². The normalized spacial score (nSPS) is 14.9. The molecule has 1 fully saturated rings. The Morgan fingerprint density at radius 1 is 1.12 bits per heavy atom. The van der Waals surface area contributed by atoms with Crippen molar-refractivity contribution in [1.29, 1.82) is 0 Å². The molecule has 0 saturated carbocycles. The van der Waals surface area contributed by atoms with Crippen LogP contribution in [0.4, 0.5) is 17.2 Å². The van der Waals surface area contributed by atoms with Crippen LogP contribution in [0.15, 0.2) is 36.0 Å². The van der Waals surface area contributed by atoms with Gasteiger partial charge in [-0.2, -0.15) is 0 Å². The number of nitrogens with zero attached hydrogens (tertiary/aromatic N) is 5. The van der Waals surface area contributed by atoms with Gasteiger partial charge in [0.15, 0.2) is 0 Å². The molecule has 0 N–H and O–H groups in total. The maximum absolute atomic E-state index is 11.4. The van der Waals surface area contributed by atoms with Crippen molar-refractivity contribution in [3.05, 3.63) is 51.7 Å². The minimum atomic E-state index is -0.297. The van der Waals surface area contributed by atoms with Crippen LogP contribution in [0, 0.1) is 17.0 Å². The maximum atomic E-state index is 11.4. The molecule has 0 aliphatic carbocycles. The summed E-state index contributed by atoms with van der Waals surface area (Å²) in [6.07, 6.45) is 1.60. The number of fused-ring (bicyclic) bond motifs is 1. The van der Waals surface area contributed by atoms with Crippen LogP contribution < -0.4 is 9.80 Å². The SMILES string of the molecule is Cc1ccc(N2CCN(c3ncnc4ccsc34)CC2)c([N+](=O)[O-])c1. The Balaban J connectivity index is 1.56. The summed E-state index contributed by atoms with van der Waals surface area (Å²) < 4.78 is 1.09. The van der Waals surface area contributed by atoms with Gasteiger partial charge in [0.25, 0.3) is 5.69 Å². The quantitative estimate of drug-likeness (QED) is 0.530. The van der Waals surface area contributed by atoms with Gasteiger partial charge in [-0.3, -0.25) is 10.1 Å². The van der Waals surface area contributed by atoms with Crippen molar-refractivity contribution in [3.63, 3.8) is 0 Å². The Bertz CT molecular complexity index is 934. The molecule has 3 aromatic rings. The first-order chi connectivity index (χ1) is 12.1. The van der Waals surface area contributed by atoms with Crippen LogP contribution in [0.1, 0.15) is 5.56 Å². The zero-order chi connectivity index (χ0) is 17.4. The molecule has 0 radical (unpaired) electrons. The van der Waals surface area contributed by atoms with Gasteiger partial charge in [0.05, 0.1) is 15.1 Å². The zero-order valence-corrected chi connectivity index (χ0v) is 14.6.